The minimum Gasteiger partial charge on any atom is -0.338 e. The minimum atomic E-state index is -4.83. The highest BCUT2D eigenvalue weighted by atomic mass is 19.4. The van der Waals surface area contributed by atoms with Crippen LogP contribution in [0, 0.1) is 5.82 Å². The fraction of sp³-hybridized carbons (Fsp3) is 0.310. The van der Waals surface area contributed by atoms with Gasteiger partial charge in [-0.05, 0) is 35.7 Å². The van der Waals surface area contributed by atoms with Gasteiger partial charge >= 0.3 is 6.18 Å². The van der Waals surface area contributed by atoms with E-state index in [1.54, 1.807) is 0 Å². The van der Waals surface area contributed by atoms with Crippen molar-refractivity contribution in [3.8, 4) is 0 Å². The van der Waals surface area contributed by atoms with E-state index in [0.29, 0.717) is 37.9 Å². The molecular weight excluding hydrogens is 498 g/mol. The van der Waals surface area contributed by atoms with Gasteiger partial charge in [-0.3, -0.25) is 14.9 Å². The van der Waals surface area contributed by atoms with Gasteiger partial charge in [0.05, 0.1) is 17.3 Å². The van der Waals surface area contributed by atoms with Crippen molar-refractivity contribution in [2.45, 2.75) is 43.7 Å². The van der Waals surface area contributed by atoms with Gasteiger partial charge in [0.1, 0.15) is 5.82 Å². The molecule has 198 valence electrons. The molecule has 0 unspecified atom stereocenters. The van der Waals surface area contributed by atoms with Crippen LogP contribution in [-0.2, 0) is 23.9 Å². The van der Waals surface area contributed by atoms with Gasteiger partial charge in [0.25, 0.3) is 5.91 Å². The van der Waals surface area contributed by atoms with E-state index in [9.17, 15) is 27.2 Å². The van der Waals surface area contributed by atoms with Gasteiger partial charge in [-0.1, -0.05) is 60.7 Å². The van der Waals surface area contributed by atoms with Gasteiger partial charge in [0, 0.05) is 38.0 Å². The number of rotatable bonds is 5. The second-order valence-corrected chi connectivity index (χ2v) is 9.81. The Morgan fingerprint density at radius 1 is 0.921 bits per heavy atom. The van der Waals surface area contributed by atoms with E-state index in [1.807, 2.05) is 65.6 Å². The summed E-state index contributed by atoms with van der Waals surface area (Å²) in [5, 5.41) is 3.56. The molecule has 2 heterocycles. The lowest BCUT2D eigenvalue weighted by atomic mass is 9.94. The van der Waals surface area contributed by atoms with Crippen LogP contribution in [0.5, 0.6) is 0 Å². The molecule has 0 radical (unpaired) electrons. The summed E-state index contributed by atoms with van der Waals surface area (Å²) in [7, 11) is 0. The Hall–Kier alpha value is -3.72. The van der Waals surface area contributed by atoms with E-state index >= 15 is 0 Å². The molecule has 5 nitrogen and oxygen atoms in total. The first-order valence-corrected chi connectivity index (χ1v) is 12.5. The van der Waals surface area contributed by atoms with E-state index in [2.05, 4.69) is 5.32 Å². The van der Waals surface area contributed by atoms with Crippen LogP contribution in [0.4, 0.5) is 17.6 Å². The lowest BCUT2D eigenvalue weighted by Crippen LogP contribution is -2.59. The summed E-state index contributed by atoms with van der Waals surface area (Å²) < 4.78 is 52.9. The molecule has 3 aromatic carbocycles. The number of nitrogens with one attached hydrogen (secondary N) is 1. The first-order chi connectivity index (χ1) is 18.2. The van der Waals surface area contributed by atoms with Crippen molar-refractivity contribution in [3.63, 3.8) is 0 Å². The monoisotopic (exact) mass is 525 g/mol. The van der Waals surface area contributed by atoms with E-state index in [1.165, 1.54) is 4.90 Å². The van der Waals surface area contributed by atoms with Gasteiger partial charge < -0.3 is 9.80 Å². The molecule has 0 bridgehead atoms. The van der Waals surface area contributed by atoms with Crippen LogP contribution in [0.3, 0.4) is 0 Å². The predicted octanol–water partition coefficient (Wildman–Crippen LogP) is 5.02. The van der Waals surface area contributed by atoms with Crippen LogP contribution in [0.25, 0.3) is 0 Å². The highest BCUT2D eigenvalue weighted by Gasteiger charge is 2.51. The Labute approximate surface area is 218 Å². The first-order valence-electron chi connectivity index (χ1n) is 12.5. The van der Waals surface area contributed by atoms with Crippen LogP contribution >= 0.6 is 0 Å². The molecule has 1 N–H and O–H groups in total. The van der Waals surface area contributed by atoms with Crippen molar-refractivity contribution in [2.24, 2.45) is 0 Å². The van der Waals surface area contributed by atoms with E-state index < -0.39 is 35.2 Å². The van der Waals surface area contributed by atoms with Crippen molar-refractivity contribution < 1.29 is 27.2 Å². The molecule has 2 aliphatic heterocycles. The smallest absolute Gasteiger partial charge is 0.338 e. The number of alkyl halides is 3. The van der Waals surface area contributed by atoms with E-state index in [-0.39, 0.29) is 24.6 Å². The number of hydrogen-bond donors (Lipinski definition) is 1. The normalized spacial score (nSPS) is 19.3. The minimum absolute atomic E-state index is 0.0118. The van der Waals surface area contributed by atoms with Crippen LogP contribution in [0.1, 0.15) is 39.9 Å². The summed E-state index contributed by atoms with van der Waals surface area (Å²) in [6.07, 6.45) is -3.43. The summed E-state index contributed by atoms with van der Waals surface area (Å²) >= 11 is 0. The molecule has 5 rings (SSSR count). The molecular formula is C29H27F4N3O2. The molecule has 0 aliphatic carbocycles. The molecule has 0 saturated carbocycles. The second-order valence-electron chi connectivity index (χ2n) is 9.81. The molecule has 1 spiro atoms. The van der Waals surface area contributed by atoms with Crippen molar-refractivity contribution >= 4 is 11.8 Å². The number of nitrogens with zero attached hydrogens (tertiary/aromatic N) is 2. The van der Waals surface area contributed by atoms with Crippen LogP contribution in [0.15, 0.2) is 78.9 Å². The predicted molar refractivity (Wildman–Crippen MR) is 133 cm³/mol. The largest absolute Gasteiger partial charge is 0.419 e. The standard InChI is InChI=1S/C29H27F4N3O2/c30-24-18-22(11-12-23(24)29(31,32)33)26(37)35-15-13-28(14-16-35)34-25(17-20-7-3-1-4-8-20)27(38)36(28)19-21-9-5-2-6-10-21/h1-12,18,25,34H,13-17,19H2/t25-/m0/s1. The molecule has 3 aromatic rings. The van der Waals surface area contributed by atoms with Crippen LogP contribution in [0.2, 0.25) is 0 Å². The van der Waals surface area contributed by atoms with E-state index in [4.69, 9.17) is 0 Å². The van der Waals surface area contributed by atoms with Gasteiger partial charge in [-0.2, -0.15) is 13.2 Å². The second kappa shape index (κ2) is 10.2. The number of halogens is 4. The SMILES string of the molecule is O=C(c1ccc(C(F)(F)F)c(F)c1)N1CCC2(CC1)N[C@@H](Cc1ccccc1)C(=O)N2Cc1ccccc1. The van der Waals surface area contributed by atoms with Crippen molar-refractivity contribution in [2.75, 3.05) is 13.1 Å². The number of likely N-dealkylation sites (tertiary alicyclic amines) is 1. The number of carbonyl (C=O) groups excluding carboxylic acids is 2. The zero-order valence-electron chi connectivity index (χ0n) is 20.5. The number of benzene rings is 3. The average Bonchev–Trinajstić information content (AvgIpc) is 3.14. The Morgan fingerprint density at radius 3 is 2.11 bits per heavy atom. The van der Waals surface area contributed by atoms with Gasteiger partial charge in [-0.25, -0.2) is 4.39 Å². The number of amides is 2. The lowest BCUT2D eigenvalue weighted by Gasteiger charge is -2.44. The van der Waals surface area contributed by atoms with Gasteiger partial charge in [-0.15, -0.1) is 0 Å². The third kappa shape index (κ3) is 5.15. The Kier molecular flexibility index (Phi) is 6.96. The first kappa shape index (κ1) is 25.9. The fourth-order valence-electron chi connectivity index (χ4n) is 5.40. The molecule has 2 saturated heterocycles. The van der Waals surface area contributed by atoms with Crippen molar-refractivity contribution in [3.05, 3.63) is 107 Å². The molecule has 2 aliphatic rings. The molecule has 2 fully saturated rings. The molecule has 1 atom stereocenters. The summed E-state index contributed by atoms with van der Waals surface area (Å²) in [6, 6.07) is 21.2. The third-order valence-electron chi connectivity index (χ3n) is 7.39. The number of hydrogen-bond acceptors (Lipinski definition) is 3. The maximum absolute atomic E-state index is 14.1. The molecule has 0 aromatic heterocycles. The highest BCUT2D eigenvalue weighted by Crippen LogP contribution is 2.36. The fourth-order valence-corrected chi connectivity index (χ4v) is 5.40. The Morgan fingerprint density at radius 2 is 1.53 bits per heavy atom. The average molecular weight is 526 g/mol. The lowest BCUT2D eigenvalue weighted by molar-refractivity contribution is -0.140. The summed E-state index contributed by atoms with van der Waals surface area (Å²) in [5.41, 5.74) is -0.186. The zero-order chi connectivity index (χ0) is 26.9. The number of carbonyl (C=O) groups is 2. The Balaban J connectivity index is 1.34. The summed E-state index contributed by atoms with van der Waals surface area (Å²) in [4.78, 5) is 30.0. The van der Waals surface area contributed by atoms with Gasteiger partial charge in [0.15, 0.2) is 0 Å². The topological polar surface area (TPSA) is 52.7 Å². The van der Waals surface area contributed by atoms with Crippen molar-refractivity contribution in [1.82, 2.24) is 15.1 Å². The van der Waals surface area contributed by atoms with E-state index in [0.717, 1.165) is 17.2 Å². The maximum atomic E-state index is 14.1. The van der Waals surface area contributed by atoms with Gasteiger partial charge in [0.2, 0.25) is 5.91 Å². The summed E-state index contributed by atoms with van der Waals surface area (Å²) in [5.74, 6) is -2.02. The summed E-state index contributed by atoms with van der Waals surface area (Å²) in [6.45, 7) is 0.951. The Bertz CT molecular complexity index is 1310. The molecule has 38 heavy (non-hydrogen) atoms. The highest BCUT2D eigenvalue weighted by molar-refractivity contribution is 5.94. The molecule has 2 amide bonds. The zero-order valence-corrected chi connectivity index (χ0v) is 20.5. The maximum Gasteiger partial charge on any atom is 0.419 e. The molecule has 9 heteroatoms. The quantitative estimate of drug-likeness (QED) is 0.476. The number of piperidine rings is 1. The van der Waals surface area contributed by atoms with Crippen LogP contribution < -0.4 is 5.32 Å². The van der Waals surface area contributed by atoms with Crippen LogP contribution in [-0.4, -0.2) is 46.4 Å². The third-order valence-corrected chi connectivity index (χ3v) is 7.39. The van der Waals surface area contributed by atoms with Crippen molar-refractivity contribution in [1.29, 1.82) is 0 Å².